The first-order valence-corrected chi connectivity index (χ1v) is 10.3. The normalized spacial score (nSPS) is 15.8. The molecule has 7 heteroatoms. The Kier molecular flexibility index (Phi) is 7.07. The number of aliphatic carboxylic acids is 2. The Morgan fingerprint density at radius 1 is 0.967 bits per heavy atom. The molecule has 156 valence electrons. The second-order valence-corrected chi connectivity index (χ2v) is 8.11. The van der Waals surface area contributed by atoms with E-state index in [2.05, 4.69) is 36.2 Å². The van der Waals surface area contributed by atoms with Crippen molar-refractivity contribution in [1.82, 2.24) is 4.90 Å². The summed E-state index contributed by atoms with van der Waals surface area (Å²) in [6.07, 6.45) is 3.31. The Morgan fingerprint density at radius 3 is 2.20 bits per heavy atom. The standard InChI is InChI=1S/C19H18FNS.C4H4O4/c1-21-10-8-13(9-11-21)19-15-4-2-3-5-17(15)22-18-12-14(20)6-7-16(18)19;5-3(6)1-2-4(7)8/h2-7,12H,8-11H2,1H3;1-2H,(H,5,6)(H,7,8)/b;2-1-. The number of halogens is 1. The third-order valence-corrected chi connectivity index (χ3v) is 6.04. The van der Waals surface area contributed by atoms with Crippen molar-refractivity contribution in [2.24, 2.45) is 0 Å². The van der Waals surface area contributed by atoms with Crippen LogP contribution in [0.5, 0.6) is 0 Å². The fraction of sp³-hybridized carbons (Fsp3) is 0.217. The van der Waals surface area contributed by atoms with Crippen molar-refractivity contribution in [3.8, 4) is 0 Å². The molecule has 2 aromatic rings. The molecule has 2 aliphatic heterocycles. The summed E-state index contributed by atoms with van der Waals surface area (Å²) in [5.41, 5.74) is 5.37. The minimum atomic E-state index is -1.26. The lowest BCUT2D eigenvalue weighted by atomic mass is 9.88. The van der Waals surface area contributed by atoms with Crippen molar-refractivity contribution < 1.29 is 24.2 Å². The van der Waals surface area contributed by atoms with E-state index in [1.807, 2.05) is 6.07 Å². The van der Waals surface area contributed by atoms with Crippen LogP contribution in [0.2, 0.25) is 0 Å². The van der Waals surface area contributed by atoms with Crippen molar-refractivity contribution in [3.05, 3.63) is 77.1 Å². The lowest BCUT2D eigenvalue weighted by molar-refractivity contribution is -0.134. The molecular weight excluding hydrogens is 405 g/mol. The Hall–Kier alpha value is -2.90. The molecule has 30 heavy (non-hydrogen) atoms. The molecule has 1 saturated heterocycles. The van der Waals surface area contributed by atoms with Gasteiger partial charge in [-0.25, -0.2) is 14.0 Å². The van der Waals surface area contributed by atoms with E-state index < -0.39 is 11.9 Å². The Bertz CT molecular complexity index is 1010. The van der Waals surface area contributed by atoms with Gasteiger partial charge >= 0.3 is 11.9 Å². The van der Waals surface area contributed by atoms with E-state index in [4.69, 9.17) is 10.2 Å². The van der Waals surface area contributed by atoms with Crippen LogP contribution in [0.25, 0.3) is 5.57 Å². The molecule has 0 aromatic heterocycles. The maximum Gasteiger partial charge on any atom is 0.328 e. The van der Waals surface area contributed by atoms with Crippen LogP contribution in [0.1, 0.15) is 24.0 Å². The number of hydrogen-bond acceptors (Lipinski definition) is 4. The van der Waals surface area contributed by atoms with Crippen LogP contribution < -0.4 is 0 Å². The highest BCUT2D eigenvalue weighted by Gasteiger charge is 2.25. The molecule has 0 amide bonds. The molecule has 1 fully saturated rings. The zero-order valence-corrected chi connectivity index (χ0v) is 17.3. The number of likely N-dealkylation sites (tertiary alicyclic amines) is 1. The van der Waals surface area contributed by atoms with E-state index in [1.165, 1.54) is 27.2 Å². The van der Waals surface area contributed by atoms with Crippen LogP contribution in [-0.2, 0) is 9.59 Å². The number of benzene rings is 2. The number of hydrogen-bond donors (Lipinski definition) is 2. The number of piperidine rings is 1. The van der Waals surface area contributed by atoms with E-state index in [-0.39, 0.29) is 5.82 Å². The van der Waals surface area contributed by atoms with Crippen LogP contribution in [-0.4, -0.2) is 47.2 Å². The summed E-state index contributed by atoms with van der Waals surface area (Å²) in [7, 11) is 2.18. The Labute approximate surface area is 178 Å². The number of rotatable bonds is 2. The summed E-state index contributed by atoms with van der Waals surface area (Å²) in [6.45, 7) is 2.20. The zero-order chi connectivity index (χ0) is 21.7. The summed E-state index contributed by atoms with van der Waals surface area (Å²) >= 11 is 1.68. The summed E-state index contributed by atoms with van der Waals surface area (Å²) in [5, 5.41) is 15.6. The van der Waals surface area contributed by atoms with Gasteiger partial charge in [-0.1, -0.05) is 41.6 Å². The fourth-order valence-corrected chi connectivity index (χ4v) is 4.59. The van der Waals surface area contributed by atoms with Gasteiger partial charge in [-0.05, 0) is 54.8 Å². The quantitative estimate of drug-likeness (QED) is 0.585. The van der Waals surface area contributed by atoms with Gasteiger partial charge in [-0.2, -0.15) is 0 Å². The van der Waals surface area contributed by atoms with Gasteiger partial charge in [0, 0.05) is 35.0 Å². The van der Waals surface area contributed by atoms with Crippen LogP contribution in [0, 0.1) is 5.82 Å². The highest BCUT2D eigenvalue weighted by molar-refractivity contribution is 7.99. The minimum Gasteiger partial charge on any atom is -0.478 e. The second kappa shape index (κ2) is 9.73. The Morgan fingerprint density at radius 2 is 1.57 bits per heavy atom. The third kappa shape index (κ3) is 5.37. The SMILES string of the molecule is CN1CCC(=C2c3ccccc3Sc3cc(F)ccc32)CC1.O=C(O)/C=C\C(=O)O. The van der Waals surface area contributed by atoms with Crippen molar-refractivity contribution in [3.63, 3.8) is 0 Å². The molecule has 4 rings (SSSR count). The van der Waals surface area contributed by atoms with E-state index in [0.29, 0.717) is 12.2 Å². The smallest absolute Gasteiger partial charge is 0.328 e. The van der Waals surface area contributed by atoms with Crippen LogP contribution in [0.15, 0.2) is 70.0 Å². The number of carbonyl (C=O) groups is 2. The first-order valence-electron chi connectivity index (χ1n) is 9.47. The van der Waals surface area contributed by atoms with E-state index in [1.54, 1.807) is 23.9 Å². The predicted molar refractivity (Wildman–Crippen MR) is 114 cm³/mol. The average molecular weight is 427 g/mol. The van der Waals surface area contributed by atoms with Crippen molar-refractivity contribution in [2.75, 3.05) is 20.1 Å². The molecule has 2 aromatic carbocycles. The molecule has 2 heterocycles. The molecule has 0 unspecified atom stereocenters. The maximum absolute atomic E-state index is 13.7. The summed E-state index contributed by atoms with van der Waals surface area (Å²) in [5.74, 6) is -2.67. The number of carboxylic acid groups (broad SMARTS) is 2. The summed E-state index contributed by atoms with van der Waals surface area (Å²) in [6, 6.07) is 13.7. The first kappa shape index (κ1) is 21.8. The molecule has 0 bridgehead atoms. The molecule has 2 N–H and O–H groups in total. The highest BCUT2D eigenvalue weighted by Crippen LogP contribution is 2.47. The predicted octanol–water partition coefficient (Wildman–Crippen LogP) is 4.53. The van der Waals surface area contributed by atoms with Crippen molar-refractivity contribution in [1.29, 1.82) is 0 Å². The maximum atomic E-state index is 13.7. The van der Waals surface area contributed by atoms with E-state index >= 15 is 0 Å². The van der Waals surface area contributed by atoms with Gasteiger partial charge < -0.3 is 15.1 Å². The molecule has 5 nitrogen and oxygen atoms in total. The fourth-order valence-electron chi connectivity index (χ4n) is 3.47. The zero-order valence-electron chi connectivity index (χ0n) is 16.5. The second-order valence-electron chi connectivity index (χ2n) is 7.03. The lowest BCUT2D eigenvalue weighted by Gasteiger charge is -2.30. The first-order chi connectivity index (χ1) is 14.3. The molecule has 0 aliphatic carbocycles. The monoisotopic (exact) mass is 427 g/mol. The molecule has 0 radical (unpaired) electrons. The van der Waals surface area contributed by atoms with Gasteiger partial charge in [0.15, 0.2) is 0 Å². The lowest BCUT2D eigenvalue weighted by Crippen LogP contribution is -2.27. The van der Waals surface area contributed by atoms with Crippen molar-refractivity contribution in [2.45, 2.75) is 22.6 Å². The van der Waals surface area contributed by atoms with Crippen LogP contribution >= 0.6 is 11.8 Å². The minimum absolute atomic E-state index is 0.154. The average Bonchev–Trinajstić information content (AvgIpc) is 2.71. The van der Waals surface area contributed by atoms with Gasteiger partial charge in [-0.15, -0.1) is 0 Å². The van der Waals surface area contributed by atoms with Crippen LogP contribution in [0.4, 0.5) is 4.39 Å². The van der Waals surface area contributed by atoms with Crippen molar-refractivity contribution >= 4 is 29.3 Å². The highest BCUT2D eigenvalue weighted by atomic mass is 32.2. The van der Waals surface area contributed by atoms with Gasteiger partial charge in [-0.3, -0.25) is 0 Å². The van der Waals surface area contributed by atoms with Gasteiger partial charge in [0.1, 0.15) is 5.82 Å². The molecule has 0 spiro atoms. The van der Waals surface area contributed by atoms with Crippen LogP contribution in [0.3, 0.4) is 0 Å². The van der Waals surface area contributed by atoms with Gasteiger partial charge in [0.05, 0.1) is 0 Å². The molecule has 0 saturated carbocycles. The molecule has 0 atom stereocenters. The van der Waals surface area contributed by atoms with Gasteiger partial charge in [0.2, 0.25) is 0 Å². The topological polar surface area (TPSA) is 77.8 Å². The molecular formula is C23H22FNO4S. The largest absolute Gasteiger partial charge is 0.478 e. The van der Waals surface area contributed by atoms with E-state index in [0.717, 1.165) is 30.8 Å². The number of carboxylic acids is 2. The number of nitrogens with zero attached hydrogens (tertiary/aromatic N) is 1. The third-order valence-electron chi connectivity index (χ3n) is 4.90. The van der Waals surface area contributed by atoms with E-state index in [9.17, 15) is 14.0 Å². The molecule has 2 aliphatic rings. The number of fused-ring (bicyclic) bond motifs is 2. The Balaban J connectivity index is 0.000000275. The summed E-state index contributed by atoms with van der Waals surface area (Å²) in [4.78, 5) is 23.8. The summed E-state index contributed by atoms with van der Waals surface area (Å²) < 4.78 is 13.7. The van der Waals surface area contributed by atoms with Gasteiger partial charge in [0.25, 0.3) is 0 Å².